The van der Waals surface area contributed by atoms with Gasteiger partial charge in [-0.15, -0.1) is 0 Å². The first-order valence-corrected chi connectivity index (χ1v) is 9.31. The van der Waals surface area contributed by atoms with E-state index in [0.717, 1.165) is 4.31 Å². The van der Waals surface area contributed by atoms with Crippen molar-refractivity contribution in [3.05, 3.63) is 70.0 Å². The highest BCUT2D eigenvalue weighted by Gasteiger charge is 2.30. The quantitative estimate of drug-likeness (QED) is 0.671. The molecule has 1 aromatic heterocycles. The summed E-state index contributed by atoms with van der Waals surface area (Å²) < 4.78 is 66.7. The monoisotopic (exact) mass is 397 g/mol. The van der Waals surface area contributed by atoms with Gasteiger partial charge in [0, 0.05) is 6.54 Å². The fraction of sp³-hybridized carbons (Fsp3) is 0.176. The SMILES string of the molecule is CCN(Cc1nc2ccccc2c(=O)[nH]1)S(=O)(=O)c1ccc(F)c(F)c1F. The highest BCUT2D eigenvalue weighted by atomic mass is 32.2. The van der Waals surface area contributed by atoms with Crippen molar-refractivity contribution in [2.45, 2.75) is 18.4 Å². The van der Waals surface area contributed by atoms with Gasteiger partial charge in [-0.05, 0) is 24.3 Å². The number of H-pyrrole nitrogens is 1. The molecule has 0 saturated heterocycles. The largest absolute Gasteiger partial charge is 0.309 e. The van der Waals surface area contributed by atoms with Crippen LogP contribution in [0.25, 0.3) is 10.9 Å². The van der Waals surface area contributed by atoms with Crippen molar-refractivity contribution in [3.8, 4) is 0 Å². The third-order valence-electron chi connectivity index (χ3n) is 3.96. The van der Waals surface area contributed by atoms with Gasteiger partial charge >= 0.3 is 0 Å². The number of hydrogen-bond donors (Lipinski definition) is 1. The maximum absolute atomic E-state index is 14.0. The van der Waals surface area contributed by atoms with Gasteiger partial charge < -0.3 is 4.98 Å². The Balaban J connectivity index is 2.03. The molecule has 10 heteroatoms. The molecule has 0 amide bonds. The van der Waals surface area contributed by atoms with Crippen LogP contribution in [0.2, 0.25) is 0 Å². The van der Waals surface area contributed by atoms with E-state index in [-0.39, 0.29) is 18.9 Å². The predicted octanol–water partition coefficient (Wildman–Crippen LogP) is 2.55. The van der Waals surface area contributed by atoms with Crippen molar-refractivity contribution in [2.75, 3.05) is 6.54 Å². The van der Waals surface area contributed by atoms with Gasteiger partial charge in [0.05, 0.1) is 17.4 Å². The molecule has 1 heterocycles. The number of nitrogens with one attached hydrogen (secondary N) is 1. The van der Waals surface area contributed by atoms with Crippen LogP contribution in [0.15, 0.2) is 46.1 Å². The number of fused-ring (bicyclic) bond motifs is 1. The smallest absolute Gasteiger partial charge is 0.258 e. The summed E-state index contributed by atoms with van der Waals surface area (Å²) in [4.78, 5) is 17.8. The molecule has 0 fully saturated rings. The molecule has 0 aliphatic rings. The molecule has 3 aromatic rings. The minimum atomic E-state index is -4.50. The van der Waals surface area contributed by atoms with Gasteiger partial charge in [-0.25, -0.2) is 26.6 Å². The third kappa shape index (κ3) is 3.45. The summed E-state index contributed by atoms with van der Waals surface area (Å²) in [5.41, 5.74) is -0.0910. The zero-order valence-corrected chi connectivity index (χ0v) is 14.9. The number of para-hydroxylation sites is 1. The highest BCUT2D eigenvalue weighted by Crippen LogP contribution is 2.24. The summed E-state index contributed by atoms with van der Waals surface area (Å²) in [6.07, 6.45) is 0. The van der Waals surface area contributed by atoms with Crippen LogP contribution in [0.3, 0.4) is 0 Å². The number of hydrogen-bond acceptors (Lipinski definition) is 4. The van der Waals surface area contributed by atoms with E-state index in [9.17, 15) is 26.4 Å². The predicted molar refractivity (Wildman–Crippen MR) is 91.9 cm³/mol. The van der Waals surface area contributed by atoms with Crippen LogP contribution < -0.4 is 5.56 Å². The second-order valence-electron chi connectivity index (χ2n) is 5.63. The van der Waals surface area contributed by atoms with Gasteiger partial charge in [0.25, 0.3) is 5.56 Å². The van der Waals surface area contributed by atoms with E-state index < -0.39 is 37.9 Å². The van der Waals surface area contributed by atoms with E-state index >= 15 is 0 Å². The van der Waals surface area contributed by atoms with E-state index in [4.69, 9.17) is 0 Å². The molecule has 0 radical (unpaired) electrons. The molecule has 3 rings (SSSR count). The number of halogens is 3. The van der Waals surface area contributed by atoms with Crippen LogP contribution >= 0.6 is 0 Å². The Morgan fingerprint density at radius 3 is 2.48 bits per heavy atom. The number of aromatic nitrogens is 2. The molecule has 0 spiro atoms. The number of sulfonamides is 1. The first kappa shape index (κ1) is 19.1. The van der Waals surface area contributed by atoms with Crippen molar-refractivity contribution >= 4 is 20.9 Å². The summed E-state index contributed by atoms with van der Waals surface area (Å²) in [6, 6.07) is 7.68. The molecular formula is C17H14F3N3O3S. The summed E-state index contributed by atoms with van der Waals surface area (Å²) in [7, 11) is -4.50. The fourth-order valence-electron chi connectivity index (χ4n) is 2.59. The average molecular weight is 397 g/mol. The second kappa shape index (κ2) is 7.12. The molecule has 0 bridgehead atoms. The van der Waals surface area contributed by atoms with E-state index in [0.29, 0.717) is 23.0 Å². The summed E-state index contributed by atoms with van der Waals surface area (Å²) in [5.74, 6) is -5.13. The van der Waals surface area contributed by atoms with Crippen LogP contribution in [0.1, 0.15) is 12.7 Å². The van der Waals surface area contributed by atoms with Crippen LogP contribution in [-0.2, 0) is 16.6 Å². The van der Waals surface area contributed by atoms with Crippen molar-refractivity contribution in [1.82, 2.24) is 14.3 Å². The van der Waals surface area contributed by atoms with Gasteiger partial charge in [0.1, 0.15) is 10.7 Å². The summed E-state index contributed by atoms with van der Waals surface area (Å²) >= 11 is 0. The maximum Gasteiger partial charge on any atom is 0.258 e. The first-order chi connectivity index (χ1) is 12.8. The lowest BCUT2D eigenvalue weighted by Gasteiger charge is -2.20. The summed E-state index contributed by atoms with van der Waals surface area (Å²) in [5, 5.41) is 0.332. The zero-order valence-electron chi connectivity index (χ0n) is 14.0. The summed E-state index contributed by atoms with van der Waals surface area (Å²) in [6.45, 7) is 0.989. The molecule has 0 atom stereocenters. The van der Waals surface area contributed by atoms with E-state index in [1.165, 1.54) is 6.92 Å². The Hall–Kier alpha value is -2.72. The van der Waals surface area contributed by atoms with Crippen molar-refractivity contribution in [2.24, 2.45) is 0 Å². The van der Waals surface area contributed by atoms with E-state index in [2.05, 4.69) is 9.97 Å². The van der Waals surface area contributed by atoms with Crippen LogP contribution in [0, 0.1) is 17.5 Å². The molecule has 0 aliphatic heterocycles. The van der Waals surface area contributed by atoms with Crippen molar-refractivity contribution < 1.29 is 21.6 Å². The van der Waals surface area contributed by atoms with Gasteiger partial charge in [0.15, 0.2) is 17.5 Å². The number of benzene rings is 2. The van der Waals surface area contributed by atoms with Gasteiger partial charge in [0.2, 0.25) is 10.0 Å². The first-order valence-electron chi connectivity index (χ1n) is 7.87. The lowest BCUT2D eigenvalue weighted by atomic mass is 10.2. The third-order valence-corrected chi connectivity index (χ3v) is 5.90. The van der Waals surface area contributed by atoms with Crippen molar-refractivity contribution in [1.29, 1.82) is 0 Å². The van der Waals surface area contributed by atoms with Crippen LogP contribution in [0.4, 0.5) is 13.2 Å². The Bertz CT molecular complexity index is 1180. The number of aromatic amines is 1. The average Bonchev–Trinajstić information content (AvgIpc) is 2.64. The van der Waals surface area contributed by atoms with Gasteiger partial charge in [-0.1, -0.05) is 19.1 Å². The second-order valence-corrected chi connectivity index (χ2v) is 7.54. The minimum Gasteiger partial charge on any atom is -0.309 e. The Morgan fingerprint density at radius 1 is 1.07 bits per heavy atom. The molecule has 2 aromatic carbocycles. The van der Waals surface area contributed by atoms with E-state index in [1.54, 1.807) is 24.3 Å². The fourth-order valence-corrected chi connectivity index (χ4v) is 4.06. The number of nitrogens with zero attached hydrogens (tertiary/aromatic N) is 2. The molecule has 6 nitrogen and oxygen atoms in total. The molecule has 0 saturated carbocycles. The lowest BCUT2D eigenvalue weighted by Crippen LogP contribution is -2.32. The normalized spacial score (nSPS) is 12.0. The minimum absolute atomic E-state index is 0.0344. The van der Waals surface area contributed by atoms with Crippen LogP contribution in [0.5, 0.6) is 0 Å². The Morgan fingerprint density at radius 2 is 1.78 bits per heavy atom. The lowest BCUT2D eigenvalue weighted by molar-refractivity contribution is 0.399. The highest BCUT2D eigenvalue weighted by molar-refractivity contribution is 7.89. The Kier molecular flexibility index (Phi) is 5.03. The topological polar surface area (TPSA) is 83.1 Å². The van der Waals surface area contributed by atoms with E-state index in [1.807, 2.05) is 0 Å². The molecule has 0 unspecified atom stereocenters. The van der Waals surface area contributed by atoms with Gasteiger partial charge in [-0.3, -0.25) is 4.79 Å². The molecule has 0 aliphatic carbocycles. The maximum atomic E-state index is 14.0. The molecule has 142 valence electrons. The zero-order chi connectivity index (χ0) is 19.8. The standard InChI is InChI=1S/C17H14F3N3O3S/c1-2-23(27(25,26)13-8-7-11(18)15(19)16(13)20)9-14-21-12-6-4-3-5-10(12)17(24)22-14/h3-8H,2,9H2,1H3,(H,21,22,24). The van der Waals surface area contributed by atoms with Crippen LogP contribution in [-0.4, -0.2) is 29.2 Å². The Labute approximate surface area is 152 Å². The van der Waals surface area contributed by atoms with Gasteiger partial charge in [-0.2, -0.15) is 4.31 Å². The number of rotatable bonds is 5. The molecular weight excluding hydrogens is 383 g/mol. The van der Waals surface area contributed by atoms with Crippen molar-refractivity contribution in [3.63, 3.8) is 0 Å². The molecule has 27 heavy (non-hydrogen) atoms. The molecule has 1 N–H and O–H groups in total.